The lowest BCUT2D eigenvalue weighted by Crippen LogP contribution is -2.81. The molecule has 0 fully saturated rings. The molecular weight excluding hydrogens is 887 g/mol. The average Bonchev–Trinajstić information content (AvgIpc) is 3.44. The second-order valence-corrected chi connectivity index (χ2v) is 24.8. The van der Waals surface area contributed by atoms with Crippen molar-refractivity contribution in [3.05, 3.63) is 236 Å². The van der Waals surface area contributed by atoms with Crippen LogP contribution in [0.15, 0.2) is 231 Å². The minimum absolute atomic E-state index is 0.101. The van der Waals surface area contributed by atoms with Crippen LogP contribution < -0.4 is 35.4 Å². The summed E-state index contributed by atoms with van der Waals surface area (Å²) < 4.78 is 0. The van der Waals surface area contributed by atoms with E-state index in [1.165, 1.54) is 131 Å². The second kappa shape index (κ2) is 14.2. The number of anilines is 9. The molecular formula is C68H47N3Si. The third kappa shape index (κ3) is 5.09. The van der Waals surface area contributed by atoms with Crippen molar-refractivity contribution in [2.24, 2.45) is 0 Å². The molecule has 0 aromatic heterocycles. The van der Waals surface area contributed by atoms with E-state index >= 15 is 0 Å². The van der Waals surface area contributed by atoms with Gasteiger partial charge in [-0.05, 0) is 131 Å². The highest BCUT2D eigenvalue weighted by atomic mass is 28.3. The molecule has 0 bridgehead atoms. The smallest absolute Gasteiger partial charge is 0.194 e. The van der Waals surface area contributed by atoms with Gasteiger partial charge in [0, 0.05) is 71.8 Å². The Labute approximate surface area is 419 Å². The van der Waals surface area contributed by atoms with Gasteiger partial charge in [-0.3, -0.25) is 0 Å². The van der Waals surface area contributed by atoms with Gasteiger partial charge in [0.2, 0.25) is 0 Å². The number of hydrogen-bond acceptors (Lipinski definition) is 3. The van der Waals surface area contributed by atoms with Crippen molar-refractivity contribution in [1.82, 2.24) is 0 Å². The summed E-state index contributed by atoms with van der Waals surface area (Å²) in [6, 6.07) is 88.2. The Balaban J connectivity index is 1.10. The Kier molecular flexibility index (Phi) is 7.91. The van der Waals surface area contributed by atoms with Crippen molar-refractivity contribution >= 4 is 145 Å². The number of rotatable bonds is 4. The topological polar surface area (TPSA) is 9.72 Å². The summed E-state index contributed by atoms with van der Waals surface area (Å²) in [5.41, 5.74) is 12.3. The number of nitrogens with zero attached hydrogens (tertiary/aromatic N) is 3. The normalized spacial score (nSPS) is 15.7. The summed E-state index contributed by atoms with van der Waals surface area (Å²) in [6.07, 6.45) is 0. The molecule has 72 heavy (non-hydrogen) atoms. The van der Waals surface area contributed by atoms with Gasteiger partial charge in [0.15, 0.2) is 8.07 Å². The van der Waals surface area contributed by atoms with Gasteiger partial charge in [0.05, 0.1) is 5.69 Å². The number of hydrogen-bond donors (Lipinski definition) is 0. The molecule has 16 rings (SSSR count). The Morgan fingerprint density at radius 3 is 1.24 bits per heavy atom. The highest BCUT2D eigenvalue weighted by Crippen LogP contribution is 2.56. The van der Waals surface area contributed by atoms with Crippen LogP contribution in [0.1, 0.15) is 26.3 Å². The molecule has 13 aromatic carbocycles. The largest absolute Gasteiger partial charge is 0.310 e. The van der Waals surface area contributed by atoms with E-state index in [2.05, 4.69) is 266 Å². The van der Waals surface area contributed by atoms with Crippen molar-refractivity contribution in [2.45, 2.75) is 26.2 Å². The lowest BCUT2D eigenvalue weighted by atomic mass is 9.79. The van der Waals surface area contributed by atoms with Crippen molar-refractivity contribution in [1.29, 1.82) is 0 Å². The maximum atomic E-state index is 2.69. The zero-order valence-electron chi connectivity index (χ0n) is 40.3. The van der Waals surface area contributed by atoms with E-state index in [9.17, 15) is 0 Å². The molecule has 0 aliphatic carbocycles. The minimum Gasteiger partial charge on any atom is -0.310 e. The molecule has 3 nitrogen and oxygen atoms in total. The first-order chi connectivity index (χ1) is 35.4. The van der Waals surface area contributed by atoms with E-state index in [1.54, 1.807) is 0 Å². The van der Waals surface area contributed by atoms with E-state index in [1.807, 2.05) is 0 Å². The van der Waals surface area contributed by atoms with Crippen molar-refractivity contribution < 1.29 is 0 Å². The van der Waals surface area contributed by atoms with Gasteiger partial charge >= 0.3 is 0 Å². The first-order valence-electron chi connectivity index (χ1n) is 25.3. The minimum atomic E-state index is -3.22. The molecule has 3 heterocycles. The van der Waals surface area contributed by atoms with Gasteiger partial charge in [-0.1, -0.05) is 191 Å². The van der Waals surface area contributed by atoms with E-state index in [0.29, 0.717) is 0 Å². The van der Waals surface area contributed by atoms with Crippen LogP contribution in [0.2, 0.25) is 0 Å². The fourth-order valence-electron chi connectivity index (χ4n) is 13.9. The van der Waals surface area contributed by atoms with Crippen LogP contribution in [-0.2, 0) is 5.41 Å². The molecule has 1 atom stereocenters. The Morgan fingerprint density at radius 1 is 0.306 bits per heavy atom. The Hall–Kier alpha value is -8.70. The molecule has 0 amide bonds. The predicted molar refractivity (Wildman–Crippen MR) is 310 cm³/mol. The fourth-order valence-corrected chi connectivity index (χ4v) is 19.7. The van der Waals surface area contributed by atoms with Crippen molar-refractivity contribution in [3.63, 3.8) is 0 Å². The standard InChI is InChI=1S/C68H47N3Si/c1-68(2,3)63-51-23-9-11-25-53(51)64(54-26-12-10-24-52(54)63)71-59-31-15-28-56-66(59)72(50-21-5-4-6-22-50)65-55(69(56)48-38-37-42-17-7-8-18-45(42)39-48)27-14-29-57(65)70(58-30-16-32-60(71)67(58)72)49-40-46-35-33-43-19-13-20-44-34-36-47(41-49)62(46)61(43)44/h4-41H,1-3H3. The molecule has 1 unspecified atom stereocenters. The van der Waals surface area contributed by atoms with Gasteiger partial charge in [-0.2, -0.15) is 0 Å². The number of benzene rings is 13. The summed E-state index contributed by atoms with van der Waals surface area (Å²) in [7, 11) is -3.22. The molecule has 3 aliphatic rings. The fraction of sp³-hybridized carbons (Fsp3) is 0.0588. The predicted octanol–water partition coefficient (Wildman–Crippen LogP) is 16.1. The maximum absolute atomic E-state index is 3.22. The average molecular weight is 934 g/mol. The quantitative estimate of drug-likeness (QED) is 0.0989. The monoisotopic (exact) mass is 933 g/mol. The molecule has 0 radical (unpaired) electrons. The second-order valence-electron chi connectivity index (χ2n) is 21.2. The van der Waals surface area contributed by atoms with Gasteiger partial charge in [-0.15, -0.1) is 0 Å². The highest BCUT2D eigenvalue weighted by Gasteiger charge is 2.60. The zero-order valence-corrected chi connectivity index (χ0v) is 41.3. The lowest BCUT2D eigenvalue weighted by Gasteiger charge is -2.55. The number of fused-ring (bicyclic) bond motifs is 3. The van der Waals surface area contributed by atoms with Crippen molar-refractivity contribution in [2.75, 3.05) is 14.7 Å². The molecule has 13 aromatic rings. The Morgan fingerprint density at radius 2 is 0.694 bits per heavy atom. The van der Waals surface area contributed by atoms with Gasteiger partial charge in [0.25, 0.3) is 0 Å². The van der Waals surface area contributed by atoms with Crippen LogP contribution in [-0.4, -0.2) is 8.07 Å². The SMILES string of the molecule is CC(C)(C)c1c2ccccc2c(N2c3cccc4c3[Si]3(c5ccccc5)c5c(cccc5N(c5cc6ccc7cccc8ccc(c5)c6c78)c5cccc2c53)N4c2ccc3ccccc3c2)c2ccccc12. The van der Waals surface area contributed by atoms with E-state index < -0.39 is 8.07 Å². The zero-order chi connectivity index (χ0) is 47.6. The summed E-state index contributed by atoms with van der Waals surface area (Å²) in [6.45, 7) is 7.10. The van der Waals surface area contributed by atoms with Crippen LogP contribution in [0.3, 0.4) is 0 Å². The van der Waals surface area contributed by atoms with Crippen molar-refractivity contribution in [3.8, 4) is 0 Å². The summed E-state index contributed by atoms with van der Waals surface area (Å²) in [5, 5.41) is 21.0. The first-order valence-corrected chi connectivity index (χ1v) is 27.3. The third-order valence-electron chi connectivity index (χ3n) is 16.4. The highest BCUT2D eigenvalue weighted by molar-refractivity contribution is 7.24. The maximum Gasteiger partial charge on any atom is 0.194 e. The van der Waals surface area contributed by atoms with Crippen LogP contribution in [0.5, 0.6) is 0 Å². The van der Waals surface area contributed by atoms with Crippen LogP contribution in [0.25, 0.3) is 64.6 Å². The molecule has 0 N–H and O–H groups in total. The van der Waals surface area contributed by atoms with Gasteiger partial charge < -0.3 is 14.7 Å². The molecule has 0 saturated heterocycles. The van der Waals surface area contributed by atoms with E-state index in [4.69, 9.17) is 0 Å². The molecule has 3 aliphatic heterocycles. The lowest BCUT2D eigenvalue weighted by molar-refractivity contribution is 0.601. The first kappa shape index (κ1) is 40.1. The summed E-state index contributed by atoms with van der Waals surface area (Å²) >= 11 is 0. The Bertz CT molecular complexity index is 4350. The van der Waals surface area contributed by atoms with E-state index in [0.717, 1.165) is 11.4 Å². The van der Waals surface area contributed by atoms with Gasteiger partial charge in [-0.25, -0.2) is 0 Å². The third-order valence-corrected chi connectivity index (χ3v) is 21.4. The van der Waals surface area contributed by atoms with E-state index in [-0.39, 0.29) is 5.41 Å². The molecule has 0 saturated carbocycles. The summed E-state index contributed by atoms with van der Waals surface area (Å²) in [4.78, 5) is 7.93. The van der Waals surface area contributed by atoms with Crippen LogP contribution in [0.4, 0.5) is 51.2 Å². The van der Waals surface area contributed by atoms with Crippen LogP contribution in [0, 0.1) is 0 Å². The molecule has 4 heteroatoms. The van der Waals surface area contributed by atoms with Gasteiger partial charge in [0.1, 0.15) is 0 Å². The molecule has 0 spiro atoms. The summed E-state index contributed by atoms with van der Waals surface area (Å²) in [5.74, 6) is 0. The molecule has 338 valence electrons. The van der Waals surface area contributed by atoms with Crippen LogP contribution >= 0.6 is 0 Å².